The molecule has 0 aliphatic heterocycles. The van der Waals surface area contributed by atoms with Gasteiger partial charge in [0.05, 0.1) is 28.7 Å². The van der Waals surface area contributed by atoms with Crippen LogP contribution in [0.3, 0.4) is 0 Å². The first-order chi connectivity index (χ1) is 11.0. The second kappa shape index (κ2) is 7.99. The van der Waals surface area contributed by atoms with Crippen LogP contribution >= 0.6 is 23.2 Å². The molecule has 0 radical (unpaired) electrons. The topological polar surface area (TPSA) is 49.4 Å². The smallest absolute Gasteiger partial charge is 0.244 e. The molecular formula is C17H16Cl2N2O2. The third kappa shape index (κ3) is 4.98. The molecule has 0 fully saturated rings. The van der Waals surface area contributed by atoms with Crippen LogP contribution in [-0.4, -0.2) is 30.3 Å². The van der Waals surface area contributed by atoms with E-state index in [0.717, 1.165) is 5.56 Å². The summed E-state index contributed by atoms with van der Waals surface area (Å²) >= 11 is 12.0. The molecule has 0 bridgehead atoms. The van der Waals surface area contributed by atoms with Crippen LogP contribution in [0.1, 0.15) is 5.56 Å². The fourth-order valence-corrected chi connectivity index (χ4v) is 2.50. The predicted molar refractivity (Wildman–Crippen MR) is 92.9 cm³/mol. The summed E-state index contributed by atoms with van der Waals surface area (Å²) in [5.74, 6) is -0.500. The first kappa shape index (κ1) is 17.3. The molecule has 2 aromatic carbocycles. The highest BCUT2D eigenvalue weighted by molar-refractivity contribution is 6.39. The molecule has 0 unspecified atom stereocenters. The molecule has 1 N–H and O–H groups in total. The van der Waals surface area contributed by atoms with Crippen LogP contribution in [0.25, 0.3) is 0 Å². The van der Waals surface area contributed by atoms with Crippen LogP contribution in [0.5, 0.6) is 0 Å². The summed E-state index contributed by atoms with van der Waals surface area (Å²) in [4.78, 5) is 25.6. The number of anilines is 1. The van der Waals surface area contributed by atoms with E-state index in [1.54, 1.807) is 25.2 Å². The largest absolute Gasteiger partial charge is 0.336 e. The minimum Gasteiger partial charge on any atom is -0.336 e. The van der Waals surface area contributed by atoms with Crippen molar-refractivity contribution in [3.05, 3.63) is 64.1 Å². The number of nitrogens with one attached hydrogen (secondary N) is 1. The number of para-hydroxylation sites is 1. The lowest BCUT2D eigenvalue weighted by atomic mass is 10.1. The summed E-state index contributed by atoms with van der Waals surface area (Å²) in [6.07, 6.45) is 0.247. The van der Waals surface area contributed by atoms with Crippen LogP contribution in [0.4, 0.5) is 5.69 Å². The molecule has 2 rings (SSSR count). The molecule has 2 aromatic rings. The van der Waals surface area contributed by atoms with Gasteiger partial charge in [0.1, 0.15) is 0 Å². The van der Waals surface area contributed by atoms with E-state index in [1.807, 2.05) is 30.3 Å². The third-order valence-corrected chi connectivity index (χ3v) is 3.86. The number of hydrogen-bond acceptors (Lipinski definition) is 2. The Hall–Kier alpha value is -2.04. The summed E-state index contributed by atoms with van der Waals surface area (Å²) in [6.45, 7) is -0.0762. The van der Waals surface area contributed by atoms with Crippen molar-refractivity contribution >= 4 is 40.7 Å². The standard InChI is InChI=1S/C17H16Cl2N2O2/c1-21(16(23)10-12-6-3-2-4-7-12)11-15(22)20-17-13(18)8-5-9-14(17)19/h2-9H,10-11H2,1H3,(H,20,22). The molecule has 0 aromatic heterocycles. The quantitative estimate of drug-likeness (QED) is 0.894. The summed E-state index contributed by atoms with van der Waals surface area (Å²) < 4.78 is 0. The number of hydrogen-bond donors (Lipinski definition) is 1. The fraction of sp³-hybridized carbons (Fsp3) is 0.176. The fourth-order valence-electron chi connectivity index (χ4n) is 2.01. The number of carbonyl (C=O) groups is 2. The van der Waals surface area contributed by atoms with Crippen molar-refractivity contribution in [3.63, 3.8) is 0 Å². The van der Waals surface area contributed by atoms with Crippen LogP contribution < -0.4 is 5.32 Å². The van der Waals surface area contributed by atoms with Gasteiger partial charge in [0.2, 0.25) is 11.8 Å². The van der Waals surface area contributed by atoms with Gasteiger partial charge in [-0.1, -0.05) is 59.6 Å². The predicted octanol–water partition coefficient (Wildman–Crippen LogP) is 3.63. The second-order valence-electron chi connectivity index (χ2n) is 5.06. The highest BCUT2D eigenvalue weighted by Gasteiger charge is 2.15. The van der Waals surface area contributed by atoms with Crippen LogP contribution in [0, 0.1) is 0 Å². The van der Waals surface area contributed by atoms with Gasteiger partial charge in [-0.25, -0.2) is 0 Å². The Morgan fingerprint density at radius 2 is 1.61 bits per heavy atom. The van der Waals surface area contributed by atoms with E-state index in [2.05, 4.69) is 5.32 Å². The first-order valence-electron chi connectivity index (χ1n) is 6.99. The van der Waals surface area contributed by atoms with Crippen LogP contribution in [0.2, 0.25) is 10.0 Å². The van der Waals surface area contributed by atoms with E-state index in [-0.39, 0.29) is 24.8 Å². The lowest BCUT2D eigenvalue weighted by Crippen LogP contribution is -2.35. The summed E-state index contributed by atoms with van der Waals surface area (Å²) in [5.41, 5.74) is 1.25. The number of likely N-dealkylation sites (N-methyl/N-ethyl adjacent to an activating group) is 1. The molecule has 0 aliphatic rings. The zero-order valence-corrected chi connectivity index (χ0v) is 14.1. The highest BCUT2D eigenvalue weighted by atomic mass is 35.5. The number of carbonyl (C=O) groups excluding carboxylic acids is 2. The minimum absolute atomic E-state index is 0.0762. The molecule has 23 heavy (non-hydrogen) atoms. The van der Waals surface area contributed by atoms with Gasteiger partial charge in [0.15, 0.2) is 0 Å². The maximum absolute atomic E-state index is 12.1. The lowest BCUT2D eigenvalue weighted by Gasteiger charge is -2.17. The van der Waals surface area contributed by atoms with Crippen molar-refractivity contribution in [1.29, 1.82) is 0 Å². The van der Waals surface area contributed by atoms with Gasteiger partial charge in [-0.15, -0.1) is 0 Å². The molecule has 0 atom stereocenters. The molecule has 0 spiro atoms. The molecular weight excluding hydrogens is 335 g/mol. The van der Waals surface area contributed by atoms with Gasteiger partial charge < -0.3 is 10.2 Å². The molecule has 6 heteroatoms. The Labute approximate surface area is 145 Å². The first-order valence-corrected chi connectivity index (χ1v) is 7.74. The van der Waals surface area contributed by atoms with Crippen LogP contribution in [-0.2, 0) is 16.0 Å². The van der Waals surface area contributed by atoms with E-state index >= 15 is 0 Å². The maximum atomic E-state index is 12.1. The van der Waals surface area contributed by atoms with E-state index in [0.29, 0.717) is 15.7 Å². The van der Waals surface area contributed by atoms with E-state index in [4.69, 9.17) is 23.2 Å². The highest BCUT2D eigenvalue weighted by Crippen LogP contribution is 2.29. The van der Waals surface area contributed by atoms with E-state index in [9.17, 15) is 9.59 Å². The Morgan fingerprint density at radius 3 is 2.22 bits per heavy atom. The third-order valence-electron chi connectivity index (χ3n) is 3.23. The van der Waals surface area contributed by atoms with Crippen LogP contribution in [0.15, 0.2) is 48.5 Å². The van der Waals surface area contributed by atoms with Gasteiger partial charge >= 0.3 is 0 Å². The molecule has 0 saturated carbocycles. The SMILES string of the molecule is CN(CC(=O)Nc1c(Cl)cccc1Cl)C(=O)Cc1ccccc1. The number of amides is 2. The molecule has 2 amide bonds. The van der Waals surface area contributed by atoms with Gasteiger partial charge in [0, 0.05) is 7.05 Å². The number of nitrogens with zero attached hydrogens (tertiary/aromatic N) is 1. The number of benzene rings is 2. The van der Waals surface area contributed by atoms with Gasteiger partial charge in [0.25, 0.3) is 0 Å². The van der Waals surface area contributed by atoms with Crippen molar-refractivity contribution in [2.45, 2.75) is 6.42 Å². The average molecular weight is 351 g/mol. The van der Waals surface area contributed by atoms with Gasteiger partial charge in [-0.3, -0.25) is 9.59 Å². The van der Waals surface area contributed by atoms with E-state index in [1.165, 1.54) is 4.90 Å². The Bertz CT molecular complexity index is 685. The molecule has 0 aliphatic carbocycles. The van der Waals surface area contributed by atoms with Crippen molar-refractivity contribution in [2.75, 3.05) is 18.9 Å². The summed E-state index contributed by atoms with van der Waals surface area (Å²) in [5, 5.41) is 3.33. The zero-order valence-electron chi connectivity index (χ0n) is 12.6. The monoisotopic (exact) mass is 350 g/mol. The van der Waals surface area contributed by atoms with Gasteiger partial charge in [-0.2, -0.15) is 0 Å². The maximum Gasteiger partial charge on any atom is 0.244 e. The molecule has 120 valence electrons. The van der Waals surface area contributed by atoms with Crippen molar-refractivity contribution < 1.29 is 9.59 Å². The second-order valence-corrected chi connectivity index (χ2v) is 5.87. The molecule has 0 saturated heterocycles. The Kier molecular flexibility index (Phi) is 6.02. The average Bonchev–Trinajstić information content (AvgIpc) is 2.52. The number of halogens is 2. The zero-order chi connectivity index (χ0) is 16.8. The Balaban J connectivity index is 1.93. The van der Waals surface area contributed by atoms with Crippen molar-refractivity contribution in [3.8, 4) is 0 Å². The van der Waals surface area contributed by atoms with E-state index < -0.39 is 0 Å². The summed E-state index contributed by atoms with van der Waals surface area (Å²) in [7, 11) is 1.58. The number of rotatable bonds is 5. The summed E-state index contributed by atoms with van der Waals surface area (Å²) in [6, 6.07) is 14.3. The van der Waals surface area contributed by atoms with Crippen molar-refractivity contribution in [1.82, 2.24) is 4.90 Å². The normalized spacial score (nSPS) is 10.2. The van der Waals surface area contributed by atoms with Gasteiger partial charge in [-0.05, 0) is 17.7 Å². The molecule has 4 nitrogen and oxygen atoms in total. The Morgan fingerprint density at radius 1 is 1.00 bits per heavy atom. The molecule has 0 heterocycles. The van der Waals surface area contributed by atoms with Crippen molar-refractivity contribution in [2.24, 2.45) is 0 Å². The minimum atomic E-state index is -0.357. The lowest BCUT2D eigenvalue weighted by molar-refractivity contribution is -0.132.